The van der Waals surface area contributed by atoms with Crippen LogP contribution < -0.4 is 10.6 Å². The summed E-state index contributed by atoms with van der Waals surface area (Å²) in [7, 11) is 3.93. The summed E-state index contributed by atoms with van der Waals surface area (Å²) in [6, 6.07) is 7.86. The van der Waals surface area contributed by atoms with Crippen LogP contribution in [0.4, 0.5) is 11.5 Å². The number of nitrogens with two attached hydrogens (primary N) is 1. The van der Waals surface area contributed by atoms with Gasteiger partial charge in [0.2, 0.25) is 0 Å². The molecule has 2 aromatic rings. The topological polar surface area (TPSA) is 42.1 Å². The van der Waals surface area contributed by atoms with Crippen LogP contribution in [-0.2, 0) is 0 Å². The number of aromatic nitrogens is 1. The summed E-state index contributed by atoms with van der Waals surface area (Å²) in [5, 5.41) is 2.14. The quantitative estimate of drug-likeness (QED) is 0.693. The van der Waals surface area contributed by atoms with Crippen molar-refractivity contribution in [2.24, 2.45) is 0 Å². The maximum atomic E-state index is 5.88. The van der Waals surface area contributed by atoms with Crippen LogP contribution in [0, 0.1) is 0 Å². The highest BCUT2D eigenvalue weighted by atomic mass is 15.1. The van der Waals surface area contributed by atoms with Gasteiger partial charge in [0.15, 0.2) is 0 Å². The van der Waals surface area contributed by atoms with E-state index in [-0.39, 0.29) is 0 Å². The summed E-state index contributed by atoms with van der Waals surface area (Å²) >= 11 is 0. The van der Waals surface area contributed by atoms with Gasteiger partial charge in [-0.05, 0) is 12.1 Å². The molecule has 0 unspecified atom stereocenters. The molecule has 0 aliphatic carbocycles. The van der Waals surface area contributed by atoms with Crippen molar-refractivity contribution in [3.63, 3.8) is 0 Å². The van der Waals surface area contributed by atoms with Crippen molar-refractivity contribution in [3.05, 3.63) is 30.5 Å². The van der Waals surface area contributed by atoms with E-state index >= 15 is 0 Å². The minimum Gasteiger partial charge on any atom is -0.398 e. The Morgan fingerprint density at radius 1 is 1.29 bits per heavy atom. The molecule has 1 heterocycles. The van der Waals surface area contributed by atoms with E-state index in [0.717, 1.165) is 22.3 Å². The zero-order valence-corrected chi connectivity index (χ0v) is 8.36. The van der Waals surface area contributed by atoms with Gasteiger partial charge in [0.1, 0.15) is 5.82 Å². The van der Waals surface area contributed by atoms with Crippen LogP contribution in [-0.4, -0.2) is 19.1 Å². The maximum absolute atomic E-state index is 5.88. The lowest BCUT2D eigenvalue weighted by Crippen LogP contribution is -2.10. The molecule has 0 aliphatic rings. The third-order valence-electron chi connectivity index (χ3n) is 2.24. The standard InChI is InChI=1S/C11H13N3/c1-14(2)11-6-9-8(7-13-11)4-3-5-10(9)12/h3-7H,12H2,1-2H3. The van der Waals surface area contributed by atoms with E-state index < -0.39 is 0 Å². The van der Waals surface area contributed by atoms with E-state index in [9.17, 15) is 0 Å². The minimum absolute atomic E-state index is 0.799. The number of nitrogen functional groups attached to an aromatic ring is 1. The van der Waals surface area contributed by atoms with Gasteiger partial charge in [0.25, 0.3) is 0 Å². The number of hydrogen-bond acceptors (Lipinski definition) is 3. The van der Waals surface area contributed by atoms with Gasteiger partial charge in [0.05, 0.1) is 0 Å². The van der Waals surface area contributed by atoms with Crippen LogP contribution in [0.1, 0.15) is 0 Å². The highest BCUT2D eigenvalue weighted by molar-refractivity contribution is 5.93. The second-order valence-corrected chi connectivity index (χ2v) is 3.51. The summed E-state index contributed by atoms with van der Waals surface area (Å²) in [5.74, 6) is 0.926. The Morgan fingerprint density at radius 2 is 2.07 bits per heavy atom. The van der Waals surface area contributed by atoms with E-state index in [0.29, 0.717) is 0 Å². The largest absolute Gasteiger partial charge is 0.398 e. The lowest BCUT2D eigenvalue weighted by molar-refractivity contribution is 1.08. The van der Waals surface area contributed by atoms with E-state index in [1.54, 1.807) is 0 Å². The van der Waals surface area contributed by atoms with Crippen molar-refractivity contribution in [2.75, 3.05) is 24.7 Å². The fourth-order valence-corrected chi connectivity index (χ4v) is 1.43. The summed E-state index contributed by atoms with van der Waals surface area (Å²) in [4.78, 5) is 6.28. The molecule has 0 amide bonds. The fourth-order valence-electron chi connectivity index (χ4n) is 1.43. The molecule has 0 bridgehead atoms. The SMILES string of the molecule is CN(C)c1cc2c(N)cccc2cn1. The normalized spacial score (nSPS) is 10.4. The molecule has 0 saturated heterocycles. The van der Waals surface area contributed by atoms with Gasteiger partial charge >= 0.3 is 0 Å². The first-order chi connectivity index (χ1) is 6.68. The van der Waals surface area contributed by atoms with E-state index in [1.807, 2.05) is 49.5 Å². The van der Waals surface area contributed by atoms with Crippen molar-refractivity contribution in [3.8, 4) is 0 Å². The molecule has 0 radical (unpaired) electrons. The number of anilines is 2. The predicted octanol–water partition coefficient (Wildman–Crippen LogP) is 1.88. The Kier molecular flexibility index (Phi) is 2.00. The monoisotopic (exact) mass is 187 g/mol. The van der Waals surface area contributed by atoms with Crippen molar-refractivity contribution >= 4 is 22.3 Å². The summed E-state index contributed by atoms with van der Waals surface area (Å²) < 4.78 is 0. The first-order valence-corrected chi connectivity index (χ1v) is 4.50. The second kappa shape index (κ2) is 3.18. The molecule has 3 heteroatoms. The molecule has 0 spiro atoms. The van der Waals surface area contributed by atoms with E-state index in [1.165, 1.54) is 0 Å². The van der Waals surface area contributed by atoms with Crippen LogP contribution in [0.2, 0.25) is 0 Å². The average molecular weight is 187 g/mol. The highest BCUT2D eigenvalue weighted by Crippen LogP contribution is 2.23. The summed E-state index contributed by atoms with van der Waals surface area (Å²) in [5.41, 5.74) is 6.68. The summed E-state index contributed by atoms with van der Waals surface area (Å²) in [6.07, 6.45) is 1.85. The molecule has 0 aliphatic heterocycles. The maximum Gasteiger partial charge on any atom is 0.128 e. The lowest BCUT2D eigenvalue weighted by atomic mass is 10.1. The average Bonchev–Trinajstić information content (AvgIpc) is 2.18. The molecule has 1 aromatic carbocycles. The molecule has 14 heavy (non-hydrogen) atoms. The van der Waals surface area contributed by atoms with Gasteiger partial charge in [-0.1, -0.05) is 12.1 Å². The van der Waals surface area contributed by atoms with Crippen LogP contribution in [0.25, 0.3) is 10.8 Å². The number of rotatable bonds is 1. The van der Waals surface area contributed by atoms with Crippen molar-refractivity contribution in [1.82, 2.24) is 4.98 Å². The third-order valence-corrected chi connectivity index (χ3v) is 2.24. The Labute approximate surface area is 83.2 Å². The molecule has 2 N–H and O–H groups in total. The number of benzene rings is 1. The predicted molar refractivity (Wildman–Crippen MR) is 60.5 cm³/mol. The molecule has 2 rings (SSSR count). The second-order valence-electron chi connectivity index (χ2n) is 3.51. The smallest absolute Gasteiger partial charge is 0.128 e. The Bertz CT molecular complexity index is 463. The Morgan fingerprint density at radius 3 is 2.79 bits per heavy atom. The molecule has 72 valence electrons. The lowest BCUT2D eigenvalue weighted by Gasteiger charge is -2.12. The highest BCUT2D eigenvalue weighted by Gasteiger charge is 2.01. The van der Waals surface area contributed by atoms with Gasteiger partial charge in [-0.3, -0.25) is 0 Å². The number of hydrogen-bond donors (Lipinski definition) is 1. The van der Waals surface area contributed by atoms with E-state index in [4.69, 9.17) is 5.73 Å². The number of pyridine rings is 1. The van der Waals surface area contributed by atoms with E-state index in [2.05, 4.69) is 4.98 Å². The molecule has 0 fully saturated rings. The minimum atomic E-state index is 0.799. The third kappa shape index (κ3) is 1.37. The molecule has 1 aromatic heterocycles. The van der Waals surface area contributed by atoms with Gasteiger partial charge in [-0.25, -0.2) is 4.98 Å². The molecule has 0 atom stereocenters. The first kappa shape index (κ1) is 8.81. The van der Waals surface area contributed by atoms with Gasteiger partial charge in [-0.2, -0.15) is 0 Å². The molecular weight excluding hydrogens is 174 g/mol. The van der Waals surface area contributed by atoms with Crippen LogP contribution in [0.5, 0.6) is 0 Å². The van der Waals surface area contributed by atoms with Crippen LogP contribution in [0.15, 0.2) is 30.5 Å². The Balaban J connectivity index is 2.70. The van der Waals surface area contributed by atoms with Crippen LogP contribution >= 0.6 is 0 Å². The van der Waals surface area contributed by atoms with Gasteiger partial charge < -0.3 is 10.6 Å². The molecule has 0 saturated carbocycles. The Hall–Kier alpha value is -1.77. The number of fused-ring (bicyclic) bond motifs is 1. The van der Waals surface area contributed by atoms with Crippen molar-refractivity contribution < 1.29 is 0 Å². The van der Waals surface area contributed by atoms with Crippen molar-refractivity contribution in [2.45, 2.75) is 0 Å². The zero-order valence-electron chi connectivity index (χ0n) is 8.36. The van der Waals surface area contributed by atoms with Crippen LogP contribution in [0.3, 0.4) is 0 Å². The zero-order chi connectivity index (χ0) is 10.1. The van der Waals surface area contributed by atoms with Gasteiger partial charge in [0, 0.05) is 36.8 Å². The molecule has 3 nitrogen and oxygen atoms in total. The summed E-state index contributed by atoms with van der Waals surface area (Å²) in [6.45, 7) is 0. The van der Waals surface area contributed by atoms with Crippen molar-refractivity contribution in [1.29, 1.82) is 0 Å². The molecular formula is C11H13N3. The van der Waals surface area contributed by atoms with Gasteiger partial charge in [-0.15, -0.1) is 0 Å². The first-order valence-electron chi connectivity index (χ1n) is 4.50. The fraction of sp³-hybridized carbons (Fsp3) is 0.182. The number of nitrogens with zero attached hydrogens (tertiary/aromatic N) is 2.